The van der Waals surface area contributed by atoms with E-state index >= 15 is 0 Å². The third-order valence-corrected chi connectivity index (χ3v) is 4.29. The number of amides is 2. The number of aryl methyl sites for hydroxylation is 2. The second-order valence-electron chi connectivity index (χ2n) is 6.32. The first-order valence-electron chi connectivity index (χ1n) is 8.73. The lowest BCUT2D eigenvalue weighted by molar-refractivity contribution is -0.117. The van der Waals surface area contributed by atoms with Crippen LogP contribution in [0.5, 0.6) is 11.5 Å². The molecule has 0 atom stereocenters. The van der Waals surface area contributed by atoms with Crippen LogP contribution in [0.1, 0.15) is 24.5 Å². The largest absolute Gasteiger partial charge is 0.497 e. The van der Waals surface area contributed by atoms with E-state index in [1.54, 1.807) is 25.3 Å². The second-order valence-corrected chi connectivity index (χ2v) is 6.32. The Morgan fingerprint density at radius 1 is 1.04 bits per heavy atom. The highest BCUT2D eigenvalue weighted by Gasteiger charge is 2.18. The fraction of sp³-hybridized carbons (Fsp3) is 0.333. The van der Waals surface area contributed by atoms with Crippen LogP contribution in [-0.4, -0.2) is 32.6 Å². The molecule has 0 saturated heterocycles. The molecular weight excluding hydrogens is 344 g/mol. The quantitative estimate of drug-likeness (QED) is 0.807. The van der Waals surface area contributed by atoms with Crippen LogP contribution in [0.3, 0.4) is 0 Å². The summed E-state index contributed by atoms with van der Waals surface area (Å²) in [6.07, 6.45) is 0.169. The number of ether oxygens (including phenoxy) is 2. The van der Waals surface area contributed by atoms with Gasteiger partial charge in [-0.3, -0.25) is 9.59 Å². The average Bonchev–Trinajstić information content (AvgIpc) is 2.64. The maximum atomic E-state index is 12.4. The number of anilines is 2. The lowest BCUT2D eigenvalue weighted by atomic mass is 10.1. The summed E-state index contributed by atoms with van der Waals surface area (Å²) in [6.45, 7) is 5.63. The highest BCUT2D eigenvalue weighted by atomic mass is 16.5. The SMILES string of the molecule is COc1ccc(N(CCC(=O)Nc2cc(C)ccc2C)C(C)=O)c(OC)c1. The zero-order chi connectivity index (χ0) is 20.0. The van der Waals surface area contributed by atoms with Gasteiger partial charge in [0.15, 0.2) is 0 Å². The van der Waals surface area contributed by atoms with Crippen LogP contribution in [0.25, 0.3) is 0 Å². The van der Waals surface area contributed by atoms with E-state index < -0.39 is 0 Å². The maximum absolute atomic E-state index is 12.4. The van der Waals surface area contributed by atoms with Crippen molar-refractivity contribution in [2.75, 3.05) is 31.0 Å². The summed E-state index contributed by atoms with van der Waals surface area (Å²) in [7, 11) is 3.10. The van der Waals surface area contributed by atoms with Gasteiger partial charge in [0.05, 0.1) is 19.9 Å². The number of nitrogens with zero attached hydrogens (tertiary/aromatic N) is 1. The fourth-order valence-corrected chi connectivity index (χ4v) is 2.75. The van der Waals surface area contributed by atoms with Crippen molar-refractivity contribution in [2.45, 2.75) is 27.2 Å². The molecule has 0 heterocycles. The van der Waals surface area contributed by atoms with Crippen molar-refractivity contribution in [1.82, 2.24) is 0 Å². The van der Waals surface area contributed by atoms with Gasteiger partial charge >= 0.3 is 0 Å². The molecule has 27 heavy (non-hydrogen) atoms. The van der Waals surface area contributed by atoms with E-state index in [2.05, 4.69) is 5.32 Å². The molecule has 0 fully saturated rings. The number of carbonyl (C=O) groups excluding carboxylic acids is 2. The maximum Gasteiger partial charge on any atom is 0.226 e. The Kier molecular flexibility index (Phi) is 6.82. The van der Waals surface area contributed by atoms with Crippen molar-refractivity contribution in [3.8, 4) is 11.5 Å². The van der Waals surface area contributed by atoms with Crippen LogP contribution >= 0.6 is 0 Å². The molecule has 6 heteroatoms. The van der Waals surface area contributed by atoms with Gasteiger partial charge < -0.3 is 19.7 Å². The van der Waals surface area contributed by atoms with Gasteiger partial charge in [0.25, 0.3) is 0 Å². The van der Waals surface area contributed by atoms with E-state index in [-0.39, 0.29) is 24.8 Å². The molecule has 0 aliphatic carbocycles. The van der Waals surface area contributed by atoms with Crippen LogP contribution in [0.2, 0.25) is 0 Å². The third-order valence-electron chi connectivity index (χ3n) is 4.29. The Morgan fingerprint density at radius 3 is 2.41 bits per heavy atom. The highest BCUT2D eigenvalue weighted by Crippen LogP contribution is 2.32. The summed E-state index contributed by atoms with van der Waals surface area (Å²) >= 11 is 0. The van der Waals surface area contributed by atoms with Crippen LogP contribution < -0.4 is 19.7 Å². The first-order valence-corrected chi connectivity index (χ1v) is 8.73. The number of hydrogen-bond donors (Lipinski definition) is 1. The van der Waals surface area contributed by atoms with Gasteiger partial charge in [-0.25, -0.2) is 0 Å². The summed E-state index contributed by atoms with van der Waals surface area (Å²) in [4.78, 5) is 26.1. The Hall–Kier alpha value is -3.02. The minimum absolute atomic E-state index is 0.151. The summed E-state index contributed by atoms with van der Waals surface area (Å²) in [5.74, 6) is 0.826. The molecule has 2 aromatic carbocycles. The molecule has 0 aliphatic rings. The van der Waals surface area contributed by atoms with Crippen molar-refractivity contribution in [1.29, 1.82) is 0 Å². The lowest BCUT2D eigenvalue weighted by Gasteiger charge is -2.23. The molecule has 6 nitrogen and oxygen atoms in total. The van der Waals surface area contributed by atoms with Crippen molar-refractivity contribution in [2.24, 2.45) is 0 Å². The fourth-order valence-electron chi connectivity index (χ4n) is 2.75. The van der Waals surface area contributed by atoms with E-state index in [0.29, 0.717) is 17.2 Å². The Balaban J connectivity index is 2.12. The molecule has 2 rings (SSSR count). The van der Waals surface area contributed by atoms with Gasteiger partial charge in [-0.05, 0) is 43.2 Å². The molecule has 0 saturated carbocycles. The van der Waals surface area contributed by atoms with Crippen molar-refractivity contribution in [3.05, 3.63) is 47.5 Å². The molecule has 144 valence electrons. The highest BCUT2D eigenvalue weighted by molar-refractivity contribution is 5.96. The van der Waals surface area contributed by atoms with E-state index in [9.17, 15) is 9.59 Å². The van der Waals surface area contributed by atoms with Crippen LogP contribution in [0.4, 0.5) is 11.4 Å². The lowest BCUT2D eigenvalue weighted by Crippen LogP contribution is -2.32. The first kappa shape index (κ1) is 20.3. The summed E-state index contributed by atoms with van der Waals surface area (Å²) < 4.78 is 10.6. The first-order chi connectivity index (χ1) is 12.8. The topological polar surface area (TPSA) is 67.9 Å². The van der Waals surface area contributed by atoms with Crippen LogP contribution in [-0.2, 0) is 9.59 Å². The van der Waals surface area contributed by atoms with Gasteiger partial charge in [0.1, 0.15) is 11.5 Å². The number of methoxy groups -OCH3 is 2. The summed E-state index contributed by atoms with van der Waals surface area (Å²) in [6, 6.07) is 11.1. The Labute approximate surface area is 160 Å². The summed E-state index contributed by atoms with van der Waals surface area (Å²) in [5, 5.41) is 2.92. The number of benzene rings is 2. The van der Waals surface area contributed by atoms with Crippen molar-refractivity contribution >= 4 is 23.2 Å². The standard InChI is InChI=1S/C21H26N2O4/c1-14-6-7-15(2)18(12-14)22-21(25)10-11-23(16(3)24)19-9-8-17(26-4)13-20(19)27-5/h6-9,12-13H,10-11H2,1-5H3,(H,22,25). The van der Waals surface area contributed by atoms with E-state index in [1.807, 2.05) is 32.0 Å². The molecule has 1 N–H and O–H groups in total. The van der Waals surface area contributed by atoms with Crippen molar-refractivity contribution in [3.63, 3.8) is 0 Å². The monoisotopic (exact) mass is 370 g/mol. The zero-order valence-electron chi connectivity index (χ0n) is 16.5. The molecular formula is C21H26N2O4. The van der Waals surface area contributed by atoms with Gasteiger partial charge in [-0.15, -0.1) is 0 Å². The third kappa shape index (κ3) is 5.23. The second kappa shape index (κ2) is 9.07. The summed E-state index contributed by atoms with van der Waals surface area (Å²) in [5.41, 5.74) is 3.46. The molecule has 0 unspecified atom stereocenters. The molecule has 0 radical (unpaired) electrons. The van der Waals surface area contributed by atoms with E-state index in [1.165, 1.54) is 18.9 Å². The van der Waals surface area contributed by atoms with Crippen molar-refractivity contribution < 1.29 is 19.1 Å². The van der Waals surface area contributed by atoms with Gasteiger partial charge in [-0.1, -0.05) is 12.1 Å². The number of nitrogens with one attached hydrogen (secondary N) is 1. The zero-order valence-corrected chi connectivity index (χ0v) is 16.5. The minimum Gasteiger partial charge on any atom is -0.497 e. The number of carbonyl (C=O) groups is 2. The predicted octanol–water partition coefficient (Wildman–Crippen LogP) is 3.70. The van der Waals surface area contributed by atoms with Gasteiger partial charge in [0, 0.05) is 31.6 Å². The van der Waals surface area contributed by atoms with Crippen LogP contribution in [0, 0.1) is 13.8 Å². The van der Waals surface area contributed by atoms with Crippen LogP contribution in [0.15, 0.2) is 36.4 Å². The van der Waals surface area contributed by atoms with E-state index in [4.69, 9.17) is 9.47 Å². The predicted molar refractivity (Wildman–Crippen MR) is 107 cm³/mol. The molecule has 0 aromatic heterocycles. The number of hydrogen-bond acceptors (Lipinski definition) is 4. The smallest absolute Gasteiger partial charge is 0.226 e. The normalized spacial score (nSPS) is 10.3. The average molecular weight is 370 g/mol. The minimum atomic E-state index is -0.169. The van der Waals surface area contributed by atoms with Gasteiger partial charge in [0.2, 0.25) is 11.8 Å². The molecule has 0 bridgehead atoms. The molecule has 0 spiro atoms. The van der Waals surface area contributed by atoms with E-state index in [0.717, 1.165) is 16.8 Å². The molecule has 2 aromatic rings. The van der Waals surface area contributed by atoms with Gasteiger partial charge in [-0.2, -0.15) is 0 Å². The Morgan fingerprint density at radius 2 is 1.78 bits per heavy atom. The number of rotatable bonds is 7. The Bertz CT molecular complexity index is 833. The molecule has 2 amide bonds. The molecule has 0 aliphatic heterocycles.